The molecule has 1 atom stereocenters. The zero-order chi connectivity index (χ0) is 18.5. The number of aromatic nitrogens is 2. The van der Waals surface area contributed by atoms with Crippen molar-refractivity contribution < 1.29 is 4.79 Å². The summed E-state index contributed by atoms with van der Waals surface area (Å²) in [6.07, 6.45) is 4.36. The Labute approximate surface area is 175 Å². The fourth-order valence-electron chi connectivity index (χ4n) is 3.21. The van der Waals surface area contributed by atoms with Crippen molar-refractivity contribution in [1.82, 2.24) is 25.1 Å². The number of carbonyl (C=O) groups is 1. The molecule has 3 rings (SSSR count). The summed E-state index contributed by atoms with van der Waals surface area (Å²) < 4.78 is 2.00. The Kier molecular flexibility index (Phi) is 8.38. The van der Waals surface area contributed by atoms with E-state index in [0.29, 0.717) is 29.6 Å². The van der Waals surface area contributed by atoms with E-state index in [-0.39, 0.29) is 24.4 Å². The summed E-state index contributed by atoms with van der Waals surface area (Å²) in [5, 5.41) is 7.44. The van der Waals surface area contributed by atoms with Crippen LogP contribution in [0.4, 0.5) is 0 Å². The fourth-order valence-corrected chi connectivity index (χ4v) is 3.62. The minimum atomic E-state index is 0. The van der Waals surface area contributed by atoms with Gasteiger partial charge in [-0.2, -0.15) is 0 Å². The molecule has 0 bridgehead atoms. The second-order valence-corrected chi connectivity index (χ2v) is 7.18. The van der Waals surface area contributed by atoms with Crippen LogP contribution in [0.2, 0.25) is 10.0 Å². The summed E-state index contributed by atoms with van der Waals surface area (Å²) in [6, 6.07) is 5.64. The number of aryl methyl sites for hydroxylation is 1. The molecule has 0 saturated carbocycles. The van der Waals surface area contributed by atoms with Crippen molar-refractivity contribution in [2.24, 2.45) is 7.05 Å². The van der Waals surface area contributed by atoms with Crippen LogP contribution in [0.1, 0.15) is 17.4 Å². The Morgan fingerprint density at radius 1 is 1.41 bits per heavy atom. The van der Waals surface area contributed by atoms with E-state index in [2.05, 4.69) is 20.5 Å². The van der Waals surface area contributed by atoms with Gasteiger partial charge in [-0.05, 0) is 18.1 Å². The number of nitrogens with zero attached hydrogens (tertiary/aromatic N) is 3. The zero-order valence-electron chi connectivity index (χ0n) is 15.1. The van der Waals surface area contributed by atoms with Crippen molar-refractivity contribution in [2.45, 2.75) is 12.5 Å². The molecule has 1 aromatic heterocycles. The van der Waals surface area contributed by atoms with Crippen molar-refractivity contribution in [1.29, 1.82) is 0 Å². The molecule has 9 heteroatoms. The maximum Gasteiger partial charge on any atom is 0.234 e. The molecule has 1 aromatic carbocycles. The highest BCUT2D eigenvalue weighted by Gasteiger charge is 2.28. The van der Waals surface area contributed by atoms with Crippen LogP contribution in [0.3, 0.4) is 0 Å². The lowest BCUT2D eigenvalue weighted by molar-refractivity contribution is -0.123. The molecule has 1 fully saturated rings. The van der Waals surface area contributed by atoms with Gasteiger partial charge >= 0.3 is 0 Å². The van der Waals surface area contributed by atoms with E-state index in [1.807, 2.05) is 29.9 Å². The quantitative estimate of drug-likeness (QED) is 0.736. The molecular weight excluding hydrogens is 409 g/mol. The summed E-state index contributed by atoms with van der Waals surface area (Å²) >= 11 is 12.2. The number of benzene rings is 1. The largest absolute Gasteiger partial charge is 0.355 e. The first-order valence-electron chi connectivity index (χ1n) is 8.68. The van der Waals surface area contributed by atoms with Gasteiger partial charge in [-0.1, -0.05) is 35.3 Å². The molecule has 1 saturated heterocycles. The van der Waals surface area contributed by atoms with Crippen molar-refractivity contribution in [3.8, 4) is 0 Å². The Bertz CT molecular complexity index is 767. The lowest BCUT2D eigenvalue weighted by atomic mass is 10.1. The number of hydrogen-bond acceptors (Lipinski definition) is 4. The van der Waals surface area contributed by atoms with E-state index in [0.717, 1.165) is 31.0 Å². The fraction of sp³-hybridized carbons (Fsp3) is 0.444. The molecule has 2 heterocycles. The maximum atomic E-state index is 12.4. The Hall–Kier alpha value is -1.31. The number of imidazole rings is 1. The highest BCUT2D eigenvalue weighted by Crippen LogP contribution is 2.25. The van der Waals surface area contributed by atoms with E-state index in [4.69, 9.17) is 23.2 Å². The Morgan fingerprint density at radius 3 is 2.96 bits per heavy atom. The van der Waals surface area contributed by atoms with Gasteiger partial charge in [-0.25, -0.2) is 4.98 Å². The van der Waals surface area contributed by atoms with Gasteiger partial charge in [-0.15, -0.1) is 12.4 Å². The smallest absolute Gasteiger partial charge is 0.234 e. The van der Waals surface area contributed by atoms with E-state index in [1.165, 1.54) is 0 Å². The Balaban J connectivity index is 0.00000261. The number of amides is 1. The third kappa shape index (κ3) is 5.59. The molecule has 1 amide bonds. The first kappa shape index (κ1) is 22.0. The Morgan fingerprint density at radius 2 is 2.22 bits per heavy atom. The van der Waals surface area contributed by atoms with Crippen LogP contribution in [0.15, 0.2) is 30.6 Å². The zero-order valence-corrected chi connectivity index (χ0v) is 17.4. The van der Waals surface area contributed by atoms with Gasteiger partial charge in [0.1, 0.15) is 5.82 Å². The van der Waals surface area contributed by atoms with Crippen LogP contribution in [0.5, 0.6) is 0 Å². The second kappa shape index (κ2) is 10.3. The molecule has 2 aromatic rings. The van der Waals surface area contributed by atoms with Gasteiger partial charge in [0.05, 0.1) is 22.6 Å². The van der Waals surface area contributed by atoms with Gasteiger partial charge in [0, 0.05) is 45.6 Å². The molecule has 6 nitrogen and oxygen atoms in total. The van der Waals surface area contributed by atoms with Crippen LogP contribution in [-0.4, -0.2) is 53.1 Å². The molecule has 148 valence electrons. The van der Waals surface area contributed by atoms with Crippen molar-refractivity contribution >= 4 is 41.5 Å². The van der Waals surface area contributed by atoms with Gasteiger partial charge in [0.2, 0.25) is 5.91 Å². The molecule has 1 unspecified atom stereocenters. The third-order valence-electron chi connectivity index (χ3n) is 4.61. The molecule has 0 spiro atoms. The summed E-state index contributed by atoms with van der Waals surface area (Å²) in [7, 11) is 1.98. The number of rotatable bonds is 6. The number of carbonyl (C=O) groups excluding carboxylic acids is 1. The van der Waals surface area contributed by atoms with Gasteiger partial charge in [-0.3, -0.25) is 9.69 Å². The highest BCUT2D eigenvalue weighted by molar-refractivity contribution is 6.42. The summed E-state index contributed by atoms with van der Waals surface area (Å²) in [5.41, 5.74) is 0.938. The minimum Gasteiger partial charge on any atom is -0.355 e. The van der Waals surface area contributed by atoms with Crippen molar-refractivity contribution in [2.75, 3.05) is 32.7 Å². The van der Waals surface area contributed by atoms with E-state index in [1.54, 1.807) is 12.3 Å². The summed E-state index contributed by atoms with van der Waals surface area (Å²) in [4.78, 5) is 19.0. The molecule has 1 aliphatic heterocycles. The molecular formula is C18H24Cl3N5O. The summed E-state index contributed by atoms with van der Waals surface area (Å²) in [5.74, 6) is 0.972. The molecule has 0 aliphatic carbocycles. The van der Waals surface area contributed by atoms with E-state index < -0.39 is 0 Å². The molecule has 1 aliphatic rings. The average molecular weight is 433 g/mol. The van der Waals surface area contributed by atoms with Crippen LogP contribution >= 0.6 is 35.6 Å². The lowest BCUT2D eigenvalue weighted by Crippen LogP contribution is -2.50. The third-order valence-corrected chi connectivity index (χ3v) is 5.46. The SMILES string of the molecule is Cl.Cn1ccnc1C1CNCCN1CC(=O)NCCc1cccc(Cl)c1Cl. The van der Waals surface area contributed by atoms with Gasteiger partial charge < -0.3 is 15.2 Å². The molecule has 2 N–H and O–H groups in total. The first-order chi connectivity index (χ1) is 12.6. The predicted molar refractivity (Wildman–Crippen MR) is 111 cm³/mol. The predicted octanol–water partition coefficient (Wildman–Crippen LogP) is 2.45. The van der Waals surface area contributed by atoms with E-state index >= 15 is 0 Å². The summed E-state index contributed by atoms with van der Waals surface area (Å²) in [6.45, 7) is 3.34. The average Bonchev–Trinajstić information content (AvgIpc) is 3.05. The first-order valence-corrected chi connectivity index (χ1v) is 9.43. The van der Waals surface area contributed by atoms with Crippen molar-refractivity contribution in [3.63, 3.8) is 0 Å². The number of halogens is 3. The normalized spacial score (nSPS) is 17.4. The standard InChI is InChI=1S/C18H23Cl2N5O.ClH/c1-24-9-8-23-18(24)15-11-21-7-10-25(15)12-16(26)22-6-5-13-3-2-4-14(19)17(13)20;/h2-4,8-9,15,21H,5-7,10-12H2,1H3,(H,22,26);1H. The van der Waals surface area contributed by atoms with E-state index in [9.17, 15) is 4.79 Å². The topological polar surface area (TPSA) is 62.2 Å². The minimum absolute atomic E-state index is 0. The van der Waals surface area contributed by atoms with Crippen LogP contribution in [0, 0.1) is 0 Å². The second-order valence-electron chi connectivity index (χ2n) is 6.40. The van der Waals surface area contributed by atoms with Crippen LogP contribution < -0.4 is 10.6 Å². The van der Waals surface area contributed by atoms with Gasteiger partial charge in [0.25, 0.3) is 0 Å². The number of piperazine rings is 1. The van der Waals surface area contributed by atoms with Crippen molar-refractivity contribution in [3.05, 3.63) is 52.0 Å². The number of nitrogens with one attached hydrogen (secondary N) is 2. The van der Waals surface area contributed by atoms with Crippen LogP contribution in [0.25, 0.3) is 0 Å². The lowest BCUT2D eigenvalue weighted by Gasteiger charge is -2.35. The number of hydrogen-bond donors (Lipinski definition) is 2. The molecule has 27 heavy (non-hydrogen) atoms. The maximum absolute atomic E-state index is 12.4. The molecule has 0 radical (unpaired) electrons. The highest BCUT2D eigenvalue weighted by atomic mass is 35.5. The van der Waals surface area contributed by atoms with Gasteiger partial charge in [0.15, 0.2) is 0 Å². The monoisotopic (exact) mass is 431 g/mol. The van der Waals surface area contributed by atoms with Crippen LogP contribution in [-0.2, 0) is 18.3 Å².